The minimum atomic E-state index is -0.338. The molecule has 0 atom stereocenters. The number of aromatic nitrogens is 1. The Balaban J connectivity index is 2.50. The lowest BCUT2D eigenvalue weighted by Crippen LogP contribution is -2.02. The van der Waals surface area contributed by atoms with Gasteiger partial charge in [0.2, 0.25) is 0 Å². The number of ether oxygens (including phenoxy) is 1. The van der Waals surface area contributed by atoms with Gasteiger partial charge in [-0.05, 0) is 31.5 Å². The summed E-state index contributed by atoms with van der Waals surface area (Å²) in [6, 6.07) is 3.19. The molecule has 3 N–H and O–H groups in total. The molecule has 0 amide bonds. The summed E-state index contributed by atoms with van der Waals surface area (Å²) in [6.45, 7) is 2.87. The molecular formula is C12H15FN2O. The predicted octanol–water partition coefficient (Wildman–Crippen LogP) is 2.21. The molecule has 0 aliphatic rings. The molecule has 0 aliphatic heterocycles. The maximum Gasteiger partial charge on any atom is 0.167 e. The Morgan fingerprint density at radius 1 is 1.44 bits per heavy atom. The lowest BCUT2D eigenvalue weighted by Gasteiger charge is -2.05. The second-order valence-corrected chi connectivity index (χ2v) is 3.61. The maximum absolute atomic E-state index is 13.5. The molecule has 2 rings (SSSR count). The van der Waals surface area contributed by atoms with Crippen molar-refractivity contribution < 1.29 is 9.13 Å². The molecule has 0 aliphatic carbocycles. The normalized spacial score (nSPS) is 10.9. The van der Waals surface area contributed by atoms with Crippen LogP contribution in [0.15, 0.2) is 18.3 Å². The summed E-state index contributed by atoms with van der Waals surface area (Å²) in [5, 5.41) is 0.982. The van der Waals surface area contributed by atoms with Crippen molar-refractivity contribution in [3.05, 3.63) is 29.7 Å². The Morgan fingerprint density at radius 3 is 2.94 bits per heavy atom. The summed E-state index contributed by atoms with van der Waals surface area (Å²) in [6.07, 6.45) is 2.64. The Bertz CT molecular complexity index is 493. The summed E-state index contributed by atoms with van der Waals surface area (Å²) in [7, 11) is 0. The van der Waals surface area contributed by atoms with Crippen molar-refractivity contribution in [3.8, 4) is 5.75 Å². The summed E-state index contributed by atoms with van der Waals surface area (Å²) in [4.78, 5) is 3.03. The first kappa shape index (κ1) is 11.0. The van der Waals surface area contributed by atoms with Gasteiger partial charge in [0.05, 0.1) is 6.61 Å². The molecular weight excluding hydrogens is 207 g/mol. The average Bonchev–Trinajstić information content (AvgIpc) is 2.63. The maximum atomic E-state index is 13.5. The first-order chi connectivity index (χ1) is 7.76. The molecule has 0 spiro atoms. The van der Waals surface area contributed by atoms with Gasteiger partial charge in [-0.3, -0.25) is 0 Å². The number of rotatable bonds is 4. The third-order valence-electron chi connectivity index (χ3n) is 2.53. The van der Waals surface area contributed by atoms with Gasteiger partial charge in [-0.1, -0.05) is 0 Å². The van der Waals surface area contributed by atoms with Crippen molar-refractivity contribution in [2.24, 2.45) is 5.73 Å². The van der Waals surface area contributed by atoms with Crippen LogP contribution in [0.1, 0.15) is 12.5 Å². The van der Waals surface area contributed by atoms with Crippen LogP contribution >= 0.6 is 0 Å². The van der Waals surface area contributed by atoms with Crippen molar-refractivity contribution in [2.45, 2.75) is 13.3 Å². The largest absolute Gasteiger partial charge is 0.491 e. The molecule has 3 nitrogen and oxygen atoms in total. The number of H-pyrrole nitrogens is 1. The van der Waals surface area contributed by atoms with E-state index in [-0.39, 0.29) is 5.82 Å². The lowest BCUT2D eigenvalue weighted by atomic mass is 10.1. The van der Waals surface area contributed by atoms with E-state index in [1.54, 1.807) is 6.07 Å². The molecule has 0 radical (unpaired) electrons. The topological polar surface area (TPSA) is 51.0 Å². The van der Waals surface area contributed by atoms with Crippen molar-refractivity contribution >= 4 is 10.9 Å². The average molecular weight is 222 g/mol. The second-order valence-electron chi connectivity index (χ2n) is 3.61. The van der Waals surface area contributed by atoms with Crippen LogP contribution in [0.4, 0.5) is 4.39 Å². The molecule has 16 heavy (non-hydrogen) atoms. The van der Waals surface area contributed by atoms with Gasteiger partial charge in [-0.15, -0.1) is 0 Å². The number of hydrogen-bond donors (Lipinski definition) is 2. The zero-order chi connectivity index (χ0) is 11.5. The van der Waals surface area contributed by atoms with Crippen molar-refractivity contribution in [1.82, 2.24) is 4.98 Å². The summed E-state index contributed by atoms with van der Waals surface area (Å²) in [5.41, 5.74) is 7.40. The fourth-order valence-electron chi connectivity index (χ4n) is 1.81. The van der Waals surface area contributed by atoms with E-state index in [0.29, 0.717) is 18.9 Å². The monoisotopic (exact) mass is 222 g/mol. The van der Waals surface area contributed by atoms with Gasteiger partial charge in [0, 0.05) is 23.2 Å². The quantitative estimate of drug-likeness (QED) is 0.833. The van der Waals surface area contributed by atoms with Crippen LogP contribution in [0, 0.1) is 5.82 Å². The van der Waals surface area contributed by atoms with E-state index in [4.69, 9.17) is 10.5 Å². The van der Waals surface area contributed by atoms with E-state index in [0.717, 1.165) is 22.9 Å². The zero-order valence-corrected chi connectivity index (χ0v) is 9.22. The Labute approximate surface area is 93.4 Å². The second kappa shape index (κ2) is 4.53. The molecule has 0 bridgehead atoms. The number of hydrogen-bond acceptors (Lipinski definition) is 2. The Hall–Kier alpha value is -1.55. The van der Waals surface area contributed by atoms with Gasteiger partial charge >= 0.3 is 0 Å². The highest BCUT2D eigenvalue weighted by atomic mass is 19.1. The summed E-state index contributed by atoms with van der Waals surface area (Å²) < 4.78 is 18.8. The van der Waals surface area contributed by atoms with E-state index < -0.39 is 0 Å². The van der Waals surface area contributed by atoms with Gasteiger partial charge < -0.3 is 15.5 Å². The highest BCUT2D eigenvalue weighted by Crippen LogP contribution is 2.27. The lowest BCUT2D eigenvalue weighted by molar-refractivity contribution is 0.322. The van der Waals surface area contributed by atoms with Crippen LogP contribution in [0.2, 0.25) is 0 Å². The van der Waals surface area contributed by atoms with Crippen LogP contribution in [-0.4, -0.2) is 18.1 Å². The molecule has 86 valence electrons. The smallest absolute Gasteiger partial charge is 0.167 e. The highest BCUT2D eigenvalue weighted by molar-refractivity contribution is 5.84. The van der Waals surface area contributed by atoms with E-state index in [1.165, 1.54) is 6.07 Å². The number of fused-ring (bicyclic) bond motifs is 1. The number of aromatic amines is 1. The molecule has 1 heterocycles. The minimum absolute atomic E-state index is 0.299. The molecule has 1 aromatic carbocycles. The highest BCUT2D eigenvalue weighted by Gasteiger charge is 2.09. The van der Waals surface area contributed by atoms with E-state index in [9.17, 15) is 4.39 Å². The molecule has 0 unspecified atom stereocenters. The Kier molecular flexibility index (Phi) is 3.10. The first-order valence-corrected chi connectivity index (χ1v) is 5.38. The molecule has 0 saturated carbocycles. The van der Waals surface area contributed by atoms with Crippen LogP contribution in [0.3, 0.4) is 0 Å². The Morgan fingerprint density at radius 2 is 2.25 bits per heavy atom. The van der Waals surface area contributed by atoms with E-state index >= 15 is 0 Å². The molecule has 4 heteroatoms. The van der Waals surface area contributed by atoms with Gasteiger partial charge in [0.15, 0.2) is 11.6 Å². The van der Waals surface area contributed by atoms with Crippen LogP contribution in [0.5, 0.6) is 5.75 Å². The number of benzene rings is 1. The number of halogens is 1. The van der Waals surface area contributed by atoms with Crippen molar-refractivity contribution in [1.29, 1.82) is 0 Å². The van der Waals surface area contributed by atoms with Crippen LogP contribution in [-0.2, 0) is 6.42 Å². The minimum Gasteiger partial charge on any atom is -0.491 e. The SMILES string of the molecule is CCOc1cc2c(CCN)c[nH]c2cc1F. The fourth-order valence-corrected chi connectivity index (χ4v) is 1.81. The van der Waals surface area contributed by atoms with Crippen molar-refractivity contribution in [2.75, 3.05) is 13.2 Å². The number of nitrogens with one attached hydrogen (secondary N) is 1. The van der Waals surface area contributed by atoms with Crippen LogP contribution < -0.4 is 10.5 Å². The third-order valence-corrected chi connectivity index (χ3v) is 2.53. The summed E-state index contributed by atoms with van der Waals surface area (Å²) in [5.74, 6) is -0.0385. The van der Waals surface area contributed by atoms with E-state index in [1.807, 2.05) is 13.1 Å². The van der Waals surface area contributed by atoms with Gasteiger partial charge in [-0.2, -0.15) is 0 Å². The first-order valence-electron chi connectivity index (χ1n) is 5.38. The standard InChI is InChI=1S/C12H15FN2O/c1-2-16-12-5-9-8(3-4-14)7-15-11(9)6-10(12)13/h5-7,15H,2-4,14H2,1H3. The zero-order valence-electron chi connectivity index (χ0n) is 9.22. The van der Waals surface area contributed by atoms with Gasteiger partial charge in [0.1, 0.15) is 0 Å². The summed E-state index contributed by atoms with van der Waals surface area (Å²) >= 11 is 0. The van der Waals surface area contributed by atoms with Gasteiger partial charge in [0.25, 0.3) is 0 Å². The van der Waals surface area contributed by atoms with E-state index in [2.05, 4.69) is 4.98 Å². The molecule has 1 aromatic heterocycles. The third kappa shape index (κ3) is 1.88. The fraction of sp³-hybridized carbons (Fsp3) is 0.333. The molecule has 0 saturated heterocycles. The predicted molar refractivity (Wildman–Crippen MR) is 62.2 cm³/mol. The number of nitrogens with two attached hydrogens (primary N) is 1. The van der Waals surface area contributed by atoms with Crippen molar-refractivity contribution in [3.63, 3.8) is 0 Å². The molecule has 0 fully saturated rings. The van der Waals surface area contributed by atoms with Gasteiger partial charge in [-0.25, -0.2) is 4.39 Å². The van der Waals surface area contributed by atoms with Crippen LogP contribution in [0.25, 0.3) is 10.9 Å². The molecule has 2 aromatic rings.